The van der Waals surface area contributed by atoms with Gasteiger partial charge in [0.2, 0.25) is 23.5 Å². The fourth-order valence-electron chi connectivity index (χ4n) is 4.97. The molecule has 3 heterocycles. The van der Waals surface area contributed by atoms with Crippen LogP contribution in [0.2, 0.25) is 15.1 Å². The van der Waals surface area contributed by atoms with Crippen LogP contribution in [0, 0.1) is 5.82 Å². The Kier molecular flexibility index (Phi) is 13.3. The molecule has 0 aliphatic rings. The number of pyridine rings is 2. The van der Waals surface area contributed by atoms with Crippen molar-refractivity contribution in [3.8, 4) is 23.4 Å². The summed E-state index contributed by atoms with van der Waals surface area (Å²) in [7, 11) is 0. The molecule has 0 amide bonds. The third kappa shape index (κ3) is 10.1. The molecular formula is C40H24Cl3FN4O12. The molecule has 0 N–H and O–H groups in total. The summed E-state index contributed by atoms with van der Waals surface area (Å²) in [5.74, 6) is -8.48. The first-order chi connectivity index (χ1) is 28.7. The van der Waals surface area contributed by atoms with E-state index >= 15 is 0 Å². The van der Waals surface area contributed by atoms with Crippen molar-refractivity contribution >= 4 is 64.6 Å². The third-order valence-corrected chi connectivity index (χ3v) is 8.65. The number of carbonyl (C=O) groups is 5. The van der Waals surface area contributed by atoms with E-state index in [1.165, 1.54) is 66.7 Å². The number of esters is 4. The van der Waals surface area contributed by atoms with E-state index in [1.807, 2.05) is 0 Å². The number of rotatable bonds is 12. The van der Waals surface area contributed by atoms with Crippen molar-refractivity contribution in [2.75, 3.05) is 6.61 Å². The van der Waals surface area contributed by atoms with Gasteiger partial charge < -0.3 is 23.7 Å². The highest BCUT2D eigenvalue weighted by Crippen LogP contribution is 2.29. The highest BCUT2D eigenvalue weighted by molar-refractivity contribution is 6.32. The zero-order chi connectivity index (χ0) is 43.1. The van der Waals surface area contributed by atoms with Crippen LogP contribution in [0.1, 0.15) is 58.7 Å². The van der Waals surface area contributed by atoms with Crippen LogP contribution in [0.15, 0.2) is 113 Å². The summed E-state index contributed by atoms with van der Waals surface area (Å²) in [6.07, 6.45) is 1.59. The molecule has 16 nitrogen and oxygen atoms in total. The zero-order valence-electron chi connectivity index (χ0n) is 30.4. The normalized spacial score (nSPS) is 10.8. The van der Waals surface area contributed by atoms with Crippen molar-refractivity contribution in [1.82, 2.24) is 19.1 Å². The van der Waals surface area contributed by atoms with Crippen molar-refractivity contribution in [1.29, 1.82) is 0 Å². The van der Waals surface area contributed by atoms with Gasteiger partial charge in [0.1, 0.15) is 11.8 Å². The lowest BCUT2D eigenvalue weighted by atomic mass is 10.1. The van der Waals surface area contributed by atoms with Gasteiger partial charge in [-0.2, -0.15) is 13.9 Å². The number of nitrogens with zero attached hydrogens (tertiary/aromatic N) is 4. The Morgan fingerprint density at radius 3 is 1.77 bits per heavy atom. The maximum atomic E-state index is 14.4. The number of hydrogen-bond acceptors (Lipinski definition) is 14. The molecule has 304 valence electrons. The summed E-state index contributed by atoms with van der Waals surface area (Å²) >= 11 is 18.1. The number of carbonyl (C=O) groups excluding carboxylic acids is 5. The van der Waals surface area contributed by atoms with E-state index in [4.69, 9.17) is 58.5 Å². The van der Waals surface area contributed by atoms with Gasteiger partial charge in [0.25, 0.3) is 11.5 Å². The molecule has 3 aromatic heterocycles. The number of ether oxygens (including phenoxy) is 5. The Bertz CT molecular complexity index is 2720. The molecule has 6 rings (SSSR count). The van der Waals surface area contributed by atoms with Gasteiger partial charge in [-0.3, -0.25) is 14.2 Å². The van der Waals surface area contributed by atoms with Crippen LogP contribution in [0.25, 0.3) is 0 Å². The second-order valence-corrected chi connectivity index (χ2v) is 13.2. The predicted molar refractivity (Wildman–Crippen MR) is 209 cm³/mol. The van der Waals surface area contributed by atoms with E-state index < -0.39 is 71.2 Å². The second-order valence-electron chi connectivity index (χ2n) is 11.9. The average Bonchev–Trinajstić information content (AvgIpc) is 3.23. The van der Waals surface area contributed by atoms with Crippen LogP contribution in [0.4, 0.5) is 4.39 Å². The molecule has 0 unspecified atom stereocenters. The molecule has 0 bridgehead atoms. The molecule has 3 aromatic carbocycles. The topological polar surface area (TPSA) is 201 Å². The van der Waals surface area contributed by atoms with Crippen LogP contribution in [0.3, 0.4) is 0 Å². The maximum absolute atomic E-state index is 14.4. The number of hydrogen-bond donors (Lipinski definition) is 0. The van der Waals surface area contributed by atoms with Crippen molar-refractivity contribution < 1.29 is 52.0 Å². The Morgan fingerprint density at radius 2 is 1.18 bits per heavy atom. The monoisotopic (exact) mass is 876 g/mol. The number of aromatic nitrogens is 4. The predicted octanol–water partition coefficient (Wildman–Crippen LogP) is 6.46. The molecule has 60 heavy (non-hydrogen) atoms. The minimum Gasteiger partial charge on any atom is -0.421 e. The highest BCUT2D eigenvalue weighted by Gasteiger charge is 2.23. The first-order valence-electron chi connectivity index (χ1n) is 17.0. The number of benzene rings is 3. The molecule has 0 radical (unpaired) electrons. The first-order valence-corrected chi connectivity index (χ1v) is 18.2. The lowest BCUT2D eigenvalue weighted by Crippen LogP contribution is -2.45. The molecule has 0 aliphatic heterocycles. The third-order valence-electron chi connectivity index (χ3n) is 7.86. The Morgan fingerprint density at radius 1 is 0.650 bits per heavy atom. The molecule has 0 spiro atoms. The Labute approximate surface area is 351 Å². The summed E-state index contributed by atoms with van der Waals surface area (Å²) in [4.78, 5) is 99.0. The van der Waals surface area contributed by atoms with Gasteiger partial charge in [0.15, 0.2) is 5.75 Å². The van der Waals surface area contributed by atoms with Gasteiger partial charge in [-0.25, -0.2) is 29.0 Å². The molecule has 6 aromatic rings. The van der Waals surface area contributed by atoms with Gasteiger partial charge in [0.05, 0.1) is 34.6 Å². The van der Waals surface area contributed by atoms with Crippen LogP contribution >= 0.6 is 34.8 Å². The quantitative estimate of drug-likeness (QED) is 0.121. The van der Waals surface area contributed by atoms with Gasteiger partial charge >= 0.3 is 29.6 Å². The van der Waals surface area contributed by atoms with Crippen LogP contribution in [-0.4, -0.2) is 55.5 Å². The fraction of sp³-hybridized carbons (Fsp3) is 0.0750. The minimum absolute atomic E-state index is 0.0577. The van der Waals surface area contributed by atoms with Crippen molar-refractivity contribution in [2.24, 2.45) is 0 Å². The molecular weight excluding hydrogens is 854 g/mol. The van der Waals surface area contributed by atoms with E-state index in [1.54, 1.807) is 6.92 Å². The minimum atomic E-state index is -1.52. The molecule has 0 fully saturated rings. The summed E-state index contributed by atoms with van der Waals surface area (Å²) < 4.78 is 41.7. The first kappa shape index (κ1) is 42.6. The lowest BCUT2D eigenvalue weighted by molar-refractivity contribution is 0.0690. The van der Waals surface area contributed by atoms with E-state index in [0.29, 0.717) is 20.8 Å². The van der Waals surface area contributed by atoms with E-state index in [-0.39, 0.29) is 49.8 Å². The fourth-order valence-corrected chi connectivity index (χ4v) is 5.36. The largest absolute Gasteiger partial charge is 0.421 e. The van der Waals surface area contributed by atoms with E-state index in [0.717, 1.165) is 30.5 Å². The Balaban J connectivity index is 1.22. The summed E-state index contributed by atoms with van der Waals surface area (Å²) in [5, 5.41) is 0.476. The summed E-state index contributed by atoms with van der Waals surface area (Å²) in [6, 6.07) is 19.0. The van der Waals surface area contributed by atoms with Crippen molar-refractivity contribution in [3.05, 3.63) is 173 Å². The van der Waals surface area contributed by atoms with Crippen LogP contribution < -0.4 is 30.2 Å². The summed E-state index contributed by atoms with van der Waals surface area (Å²) in [5.41, 5.74) is -3.53. The van der Waals surface area contributed by atoms with Gasteiger partial charge in [-0.15, -0.1) is 0 Å². The van der Waals surface area contributed by atoms with Crippen molar-refractivity contribution in [2.45, 2.75) is 13.7 Å². The van der Waals surface area contributed by atoms with Crippen LogP contribution in [0.5, 0.6) is 23.4 Å². The number of halogens is 4. The smallest absolute Gasteiger partial charge is 0.344 e. The molecule has 0 aliphatic carbocycles. The molecule has 0 atom stereocenters. The SMILES string of the molecule is CCOCn1cc(F)c(=O)n(C(=O)c2cccc(C(=O)Oc3cc(OC(=O)c4cc(OC(=O)c5ccc(Cl)cc5)nc(OC(=O)c5ccc(Cl)cc5)c4)c(Cl)cn3)c2)c1=O. The molecule has 0 saturated carbocycles. The van der Waals surface area contributed by atoms with Gasteiger partial charge in [-0.1, -0.05) is 40.9 Å². The van der Waals surface area contributed by atoms with E-state index in [9.17, 15) is 38.0 Å². The highest BCUT2D eigenvalue weighted by atomic mass is 35.5. The molecule has 20 heteroatoms. The van der Waals surface area contributed by atoms with Crippen LogP contribution in [-0.2, 0) is 11.5 Å². The van der Waals surface area contributed by atoms with Crippen molar-refractivity contribution in [3.63, 3.8) is 0 Å². The van der Waals surface area contributed by atoms with Gasteiger partial charge in [-0.05, 0) is 73.7 Å². The average molecular weight is 878 g/mol. The Hall–Kier alpha value is -7.05. The lowest BCUT2D eigenvalue weighted by Gasteiger charge is -2.11. The van der Waals surface area contributed by atoms with Gasteiger partial charge in [0, 0.05) is 40.4 Å². The zero-order valence-corrected chi connectivity index (χ0v) is 32.7. The summed E-state index contributed by atoms with van der Waals surface area (Å²) in [6.45, 7) is 1.33. The second kappa shape index (κ2) is 18.7. The standard InChI is InChI=1S/C40H24Cl3FN4O12/c1-2-56-20-47-19-29(44)35(50)48(40(47)55)34(49)23-4-3-5-24(14-23)38(53)58-31-17-30(28(43)18-45-31)57-39(54)25-15-32(59-36(51)21-6-10-26(41)11-7-21)46-33(16-25)60-37(52)22-8-12-27(42)13-9-22/h3-19H,2,20H2,1H3. The molecule has 0 saturated heterocycles. The van der Waals surface area contributed by atoms with E-state index in [2.05, 4.69) is 9.97 Å². The maximum Gasteiger partial charge on any atom is 0.344 e.